The van der Waals surface area contributed by atoms with Gasteiger partial charge in [0, 0.05) is 19.1 Å². The van der Waals surface area contributed by atoms with Crippen LogP contribution in [0.3, 0.4) is 0 Å². The second-order valence-electron chi connectivity index (χ2n) is 4.18. The normalized spacial score (nSPS) is 20.6. The van der Waals surface area contributed by atoms with Gasteiger partial charge in [0.1, 0.15) is 0 Å². The molecule has 1 aliphatic rings. The number of nitrogens with one attached hydrogen (secondary N) is 2. The van der Waals surface area contributed by atoms with Crippen molar-refractivity contribution in [3.8, 4) is 0 Å². The summed E-state index contributed by atoms with van der Waals surface area (Å²) in [6.07, 6.45) is 3.54. The van der Waals surface area contributed by atoms with Crippen molar-refractivity contribution in [2.24, 2.45) is 5.73 Å². The Morgan fingerprint density at radius 3 is 2.94 bits per heavy atom. The molecule has 0 unspecified atom stereocenters. The highest BCUT2D eigenvalue weighted by molar-refractivity contribution is 5.95. The van der Waals surface area contributed by atoms with Gasteiger partial charge in [-0.05, 0) is 19.4 Å². The molecule has 96 valence electrons. The van der Waals surface area contributed by atoms with Crippen molar-refractivity contribution in [1.82, 2.24) is 15.5 Å². The van der Waals surface area contributed by atoms with E-state index in [0.717, 1.165) is 19.4 Å². The molecule has 0 radical (unpaired) electrons. The van der Waals surface area contributed by atoms with Crippen LogP contribution in [0.5, 0.6) is 0 Å². The van der Waals surface area contributed by atoms with Crippen molar-refractivity contribution < 1.29 is 9.59 Å². The Bertz CT molecular complexity index is 293. The molecule has 1 atom stereocenters. The summed E-state index contributed by atoms with van der Waals surface area (Å²) in [6, 6.07) is -0.359. The van der Waals surface area contributed by atoms with Crippen molar-refractivity contribution in [3.05, 3.63) is 12.7 Å². The molecule has 1 rings (SSSR count). The van der Waals surface area contributed by atoms with E-state index in [-0.39, 0.29) is 18.5 Å². The van der Waals surface area contributed by atoms with E-state index in [2.05, 4.69) is 17.2 Å². The summed E-state index contributed by atoms with van der Waals surface area (Å²) in [5, 5.41) is 4.73. The number of amides is 3. The van der Waals surface area contributed by atoms with Gasteiger partial charge in [0.15, 0.2) is 0 Å². The monoisotopic (exact) mass is 240 g/mol. The number of carbonyl (C=O) groups excluding carboxylic acids is 2. The van der Waals surface area contributed by atoms with Crippen molar-refractivity contribution in [3.63, 3.8) is 0 Å². The maximum absolute atomic E-state index is 11.5. The number of nitrogens with two attached hydrogens (primary N) is 1. The lowest BCUT2D eigenvalue weighted by atomic mass is 10.1. The van der Waals surface area contributed by atoms with Gasteiger partial charge < -0.3 is 11.1 Å². The first-order chi connectivity index (χ1) is 8.11. The van der Waals surface area contributed by atoms with Crippen molar-refractivity contribution in [2.45, 2.75) is 18.9 Å². The molecule has 0 aromatic heterocycles. The lowest BCUT2D eigenvalue weighted by molar-refractivity contribution is -0.121. The van der Waals surface area contributed by atoms with Crippen LogP contribution in [-0.2, 0) is 4.79 Å². The fraction of sp³-hybridized carbons (Fsp3) is 0.636. The number of rotatable bonds is 4. The Morgan fingerprint density at radius 1 is 1.53 bits per heavy atom. The molecule has 4 N–H and O–H groups in total. The fourth-order valence-electron chi connectivity index (χ4n) is 1.81. The largest absolute Gasteiger partial charge is 0.334 e. The van der Waals surface area contributed by atoms with E-state index in [1.54, 1.807) is 6.08 Å². The van der Waals surface area contributed by atoms with Crippen LogP contribution in [0.1, 0.15) is 12.8 Å². The number of piperidine rings is 1. The lowest BCUT2D eigenvalue weighted by Crippen LogP contribution is -2.49. The molecule has 6 heteroatoms. The predicted octanol–water partition coefficient (Wildman–Crippen LogP) is -0.579. The van der Waals surface area contributed by atoms with Gasteiger partial charge >= 0.3 is 6.03 Å². The van der Waals surface area contributed by atoms with Gasteiger partial charge in [-0.3, -0.25) is 15.0 Å². The molecule has 6 nitrogen and oxygen atoms in total. The summed E-state index contributed by atoms with van der Waals surface area (Å²) in [5.41, 5.74) is 5.80. The average molecular weight is 240 g/mol. The third kappa shape index (κ3) is 5.46. The lowest BCUT2D eigenvalue weighted by Gasteiger charge is -2.29. The molecule has 1 saturated heterocycles. The van der Waals surface area contributed by atoms with Crippen LogP contribution in [0.4, 0.5) is 4.79 Å². The molecule has 0 spiro atoms. The first kappa shape index (κ1) is 13.7. The van der Waals surface area contributed by atoms with E-state index >= 15 is 0 Å². The third-order valence-corrected chi connectivity index (χ3v) is 2.57. The van der Waals surface area contributed by atoms with E-state index in [1.165, 1.54) is 0 Å². The number of imide groups is 1. The van der Waals surface area contributed by atoms with E-state index in [0.29, 0.717) is 13.1 Å². The molecular weight excluding hydrogens is 220 g/mol. The standard InChI is InChI=1S/C11H20N4O2/c1-2-5-13-11(17)14-10(16)8-15-6-3-4-9(12)7-15/h2,9H,1,3-8,12H2,(H2,13,14,16,17)/t9-/m1/s1. The minimum atomic E-state index is -0.490. The molecule has 0 aromatic carbocycles. The molecule has 1 aliphatic heterocycles. The Kier molecular flexibility index (Phi) is 5.65. The Balaban J connectivity index is 2.24. The quantitative estimate of drug-likeness (QED) is 0.574. The number of urea groups is 1. The third-order valence-electron chi connectivity index (χ3n) is 2.57. The van der Waals surface area contributed by atoms with Gasteiger partial charge in [-0.2, -0.15) is 0 Å². The zero-order chi connectivity index (χ0) is 12.7. The number of hydrogen-bond donors (Lipinski definition) is 3. The fourth-order valence-corrected chi connectivity index (χ4v) is 1.81. The minimum absolute atomic E-state index is 0.131. The summed E-state index contributed by atoms with van der Waals surface area (Å²) in [7, 11) is 0. The maximum atomic E-state index is 11.5. The Hall–Kier alpha value is -1.40. The minimum Gasteiger partial charge on any atom is -0.334 e. The van der Waals surface area contributed by atoms with E-state index < -0.39 is 6.03 Å². The van der Waals surface area contributed by atoms with Crippen molar-refractivity contribution in [1.29, 1.82) is 0 Å². The first-order valence-corrected chi connectivity index (χ1v) is 5.78. The highest BCUT2D eigenvalue weighted by Gasteiger charge is 2.19. The summed E-state index contributed by atoms with van der Waals surface area (Å²) in [5.74, 6) is -0.305. The molecular formula is C11H20N4O2. The zero-order valence-electron chi connectivity index (χ0n) is 9.95. The molecule has 0 aromatic rings. The van der Waals surface area contributed by atoms with Crippen LogP contribution in [-0.4, -0.2) is 49.1 Å². The van der Waals surface area contributed by atoms with Crippen LogP contribution in [0.2, 0.25) is 0 Å². The van der Waals surface area contributed by atoms with Crippen LogP contribution >= 0.6 is 0 Å². The van der Waals surface area contributed by atoms with Gasteiger partial charge in [-0.15, -0.1) is 6.58 Å². The van der Waals surface area contributed by atoms with Gasteiger partial charge in [-0.25, -0.2) is 4.79 Å². The van der Waals surface area contributed by atoms with Crippen molar-refractivity contribution in [2.75, 3.05) is 26.2 Å². The Morgan fingerprint density at radius 2 is 2.29 bits per heavy atom. The summed E-state index contributed by atoms with van der Waals surface area (Å²) < 4.78 is 0. The van der Waals surface area contributed by atoms with E-state index in [9.17, 15) is 9.59 Å². The maximum Gasteiger partial charge on any atom is 0.321 e. The number of nitrogens with zero attached hydrogens (tertiary/aromatic N) is 1. The smallest absolute Gasteiger partial charge is 0.321 e. The van der Waals surface area contributed by atoms with Gasteiger partial charge in [0.2, 0.25) is 5.91 Å². The van der Waals surface area contributed by atoms with Gasteiger partial charge in [0.25, 0.3) is 0 Å². The van der Waals surface area contributed by atoms with E-state index in [1.807, 2.05) is 4.90 Å². The molecule has 0 aliphatic carbocycles. The van der Waals surface area contributed by atoms with E-state index in [4.69, 9.17) is 5.73 Å². The first-order valence-electron chi connectivity index (χ1n) is 5.78. The second kappa shape index (κ2) is 7.03. The molecule has 1 fully saturated rings. The molecule has 0 bridgehead atoms. The molecule has 17 heavy (non-hydrogen) atoms. The van der Waals surface area contributed by atoms with Crippen LogP contribution in [0, 0.1) is 0 Å². The summed E-state index contributed by atoms with van der Waals surface area (Å²) >= 11 is 0. The molecule has 1 heterocycles. The highest BCUT2D eigenvalue weighted by atomic mass is 16.2. The topological polar surface area (TPSA) is 87.5 Å². The van der Waals surface area contributed by atoms with Gasteiger partial charge in [0.05, 0.1) is 6.54 Å². The Labute approximate surface area is 101 Å². The van der Waals surface area contributed by atoms with Crippen LogP contribution in [0.15, 0.2) is 12.7 Å². The number of carbonyl (C=O) groups is 2. The summed E-state index contributed by atoms with van der Waals surface area (Å²) in [4.78, 5) is 24.7. The predicted molar refractivity (Wildman–Crippen MR) is 65.4 cm³/mol. The summed E-state index contributed by atoms with van der Waals surface area (Å²) in [6.45, 7) is 5.59. The van der Waals surface area contributed by atoms with Crippen molar-refractivity contribution >= 4 is 11.9 Å². The number of likely N-dealkylation sites (tertiary alicyclic amines) is 1. The number of hydrogen-bond acceptors (Lipinski definition) is 4. The van der Waals surface area contributed by atoms with Gasteiger partial charge in [-0.1, -0.05) is 6.08 Å². The van der Waals surface area contributed by atoms with Crippen LogP contribution in [0.25, 0.3) is 0 Å². The molecule has 0 saturated carbocycles. The zero-order valence-corrected chi connectivity index (χ0v) is 9.95. The second-order valence-corrected chi connectivity index (χ2v) is 4.18. The van der Waals surface area contributed by atoms with Crippen LogP contribution < -0.4 is 16.4 Å². The highest BCUT2D eigenvalue weighted by Crippen LogP contribution is 2.06. The average Bonchev–Trinajstić information content (AvgIpc) is 2.26. The molecule has 3 amide bonds. The SMILES string of the molecule is C=CCNC(=O)NC(=O)CN1CCC[C@@H](N)C1.